The topological polar surface area (TPSA) is 32.3 Å². The Kier molecular flexibility index (Phi) is 2.68. The largest absolute Gasteiger partial charge is 0.329 e. The van der Waals surface area contributed by atoms with E-state index < -0.39 is 0 Å². The highest BCUT2D eigenvalue weighted by Gasteiger charge is 2.27. The summed E-state index contributed by atoms with van der Waals surface area (Å²) in [5.41, 5.74) is 0.617. The van der Waals surface area contributed by atoms with Gasteiger partial charge in [-0.1, -0.05) is 0 Å². The minimum absolute atomic E-state index is 0.0411. The number of rotatable bonds is 0. The number of hydrogen-bond acceptors (Lipinski definition) is 2. The molecule has 0 saturated carbocycles. The monoisotopic (exact) mass is 282 g/mol. The fraction of sp³-hybridized carbons (Fsp3) is 0. The van der Waals surface area contributed by atoms with Crippen LogP contribution < -0.4 is 5.32 Å². The molecule has 3 nitrogen and oxygen atoms in total. The van der Waals surface area contributed by atoms with Gasteiger partial charge in [-0.05, 0) is 12.2 Å². The van der Waals surface area contributed by atoms with Gasteiger partial charge >= 0.3 is 0 Å². The van der Waals surface area contributed by atoms with Gasteiger partial charge in [-0.3, -0.25) is 4.79 Å². The van der Waals surface area contributed by atoms with Crippen LogP contribution in [-0.4, -0.2) is 30.4 Å². The Bertz CT molecular complexity index is 229. The van der Waals surface area contributed by atoms with Crippen LogP contribution in [0.15, 0.2) is 10.6 Å². The van der Waals surface area contributed by atoms with Crippen molar-refractivity contribution in [3.05, 3.63) is 10.6 Å². The van der Waals surface area contributed by atoms with E-state index in [1.165, 1.54) is 3.11 Å². The van der Waals surface area contributed by atoms with E-state index in [9.17, 15) is 4.79 Å². The first-order chi connectivity index (χ1) is 4.66. The van der Waals surface area contributed by atoms with Crippen molar-refractivity contribution >= 4 is 62.4 Å². The zero-order valence-electron chi connectivity index (χ0n) is 5.22. The summed E-state index contributed by atoms with van der Waals surface area (Å²) in [5.74, 6) is -0.0411. The summed E-state index contributed by atoms with van der Waals surface area (Å²) < 4.78 is 1.40. The number of amides is 1. The molecule has 1 rings (SSSR count). The molecule has 0 aromatic heterocycles. The highest BCUT2D eigenvalue weighted by Crippen LogP contribution is 2.13. The minimum atomic E-state index is -0.0411. The summed E-state index contributed by atoms with van der Waals surface area (Å²) in [6, 6.07) is 0. The number of nitrogens with zero attached hydrogens (tertiary/aromatic N) is 1. The molecule has 0 aromatic carbocycles. The van der Waals surface area contributed by atoms with Gasteiger partial charge in [-0.25, -0.2) is 3.11 Å². The van der Waals surface area contributed by atoms with Crippen LogP contribution in [0.1, 0.15) is 0 Å². The Hall–Kier alpha value is 0.362. The Morgan fingerprint density at radius 3 is 2.60 bits per heavy atom. The summed E-state index contributed by atoms with van der Waals surface area (Å²) in [6.07, 6.45) is 0. The highest BCUT2D eigenvalue weighted by molar-refractivity contribution is 14.1. The zero-order chi connectivity index (χ0) is 7.72. The molecule has 1 aliphatic heterocycles. The van der Waals surface area contributed by atoms with E-state index in [1.807, 2.05) is 27.8 Å². The molecule has 1 fully saturated rings. The van der Waals surface area contributed by atoms with E-state index >= 15 is 0 Å². The van der Waals surface area contributed by atoms with Crippen molar-refractivity contribution in [3.8, 4) is 0 Å². The van der Waals surface area contributed by atoms with Crippen LogP contribution >= 0.6 is 35.1 Å². The molecule has 0 aliphatic carbocycles. The van der Waals surface area contributed by atoms with E-state index in [-0.39, 0.29) is 5.91 Å². The van der Waals surface area contributed by atoms with Crippen LogP contribution in [0, 0.1) is 0 Å². The van der Waals surface area contributed by atoms with Crippen molar-refractivity contribution in [3.63, 3.8) is 0 Å². The quantitative estimate of drug-likeness (QED) is 0.214. The third kappa shape index (κ3) is 1.34. The van der Waals surface area contributed by atoms with Crippen molar-refractivity contribution in [2.24, 2.45) is 0 Å². The third-order valence-corrected chi connectivity index (χ3v) is 3.23. The van der Waals surface area contributed by atoms with Crippen molar-refractivity contribution in [1.29, 1.82) is 0 Å². The second kappa shape index (κ2) is 3.17. The molecule has 1 heterocycles. The van der Waals surface area contributed by atoms with Gasteiger partial charge in [0.15, 0.2) is 5.11 Å². The molecule has 52 valence electrons. The van der Waals surface area contributed by atoms with Gasteiger partial charge in [0, 0.05) is 0 Å². The first kappa shape index (κ1) is 8.46. The van der Waals surface area contributed by atoms with Gasteiger partial charge < -0.3 is 5.32 Å². The van der Waals surface area contributed by atoms with Crippen molar-refractivity contribution in [2.75, 3.05) is 0 Å². The maximum atomic E-state index is 11.1. The Morgan fingerprint density at radius 2 is 2.40 bits per heavy atom. The zero-order valence-corrected chi connectivity index (χ0v) is 10.2. The van der Waals surface area contributed by atoms with E-state index in [0.717, 1.165) is 16.3 Å². The summed E-state index contributed by atoms with van der Waals surface area (Å²) in [7, 11) is 0. The van der Waals surface area contributed by atoms with E-state index in [0.29, 0.717) is 10.8 Å². The van der Waals surface area contributed by atoms with Crippen LogP contribution in [0.2, 0.25) is 0 Å². The molecule has 0 aromatic rings. The fourth-order valence-corrected chi connectivity index (χ4v) is 1.58. The van der Waals surface area contributed by atoms with Gasteiger partial charge in [0.1, 0.15) is 0 Å². The van der Waals surface area contributed by atoms with Crippen molar-refractivity contribution in [2.45, 2.75) is 0 Å². The predicted octanol–water partition coefficient (Wildman–Crippen LogP) is -0.472. The predicted molar refractivity (Wildman–Crippen MR) is 53.2 cm³/mol. The molecule has 0 bridgehead atoms. The molecule has 0 radical (unpaired) electrons. The van der Waals surface area contributed by atoms with Crippen LogP contribution in [0.25, 0.3) is 0 Å². The molecular formula is C4H4AlIN2OS. The number of thiocarbonyl (C=S) groups is 1. The van der Waals surface area contributed by atoms with Crippen LogP contribution in [0.4, 0.5) is 0 Å². The molecule has 0 spiro atoms. The molecule has 6 heteroatoms. The molecular weight excluding hydrogens is 278 g/mol. The summed E-state index contributed by atoms with van der Waals surface area (Å²) in [5, 5.41) is 3.28. The van der Waals surface area contributed by atoms with E-state index in [4.69, 9.17) is 12.2 Å². The van der Waals surface area contributed by atoms with Crippen LogP contribution in [-0.2, 0) is 4.79 Å². The van der Waals surface area contributed by atoms with Gasteiger partial charge in [0.2, 0.25) is 16.3 Å². The summed E-state index contributed by atoms with van der Waals surface area (Å²) in [4.78, 5) is 12.9. The van der Waals surface area contributed by atoms with E-state index in [1.54, 1.807) is 0 Å². The first-order valence-electron chi connectivity index (χ1n) is 2.64. The molecule has 1 aliphatic rings. The maximum absolute atomic E-state index is 11.1. The lowest BCUT2D eigenvalue weighted by Gasteiger charge is -1.98. The number of hydrogen-bond donors (Lipinski definition) is 1. The number of carbonyl (C=O) groups excluding carboxylic acids is 1. The maximum Gasteiger partial charge on any atom is 0.283 e. The van der Waals surface area contributed by atoms with Crippen LogP contribution in [0.5, 0.6) is 0 Å². The van der Waals surface area contributed by atoms with Gasteiger partial charge in [0.25, 0.3) is 5.91 Å². The lowest BCUT2D eigenvalue weighted by atomic mass is 10.5. The van der Waals surface area contributed by atoms with Gasteiger partial charge in [-0.2, -0.15) is 0 Å². The van der Waals surface area contributed by atoms with Crippen LogP contribution in [0.3, 0.4) is 0 Å². The van der Waals surface area contributed by atoms with Gasteiger partial charge in [0.05, 0.1) is 28.6 Å². The molecule has 1 saturated heterocycles. The number of carbonyl (C=O) groups is 1. The van der Waals surface area contributed by atoms with E-state index in [2.05, 4.69) is 5.32 Å². The minimum Gasteiger partial charge on any atom is -0.329 e. The Labute approximate surface area is 85.7 Å². The Balaban J connectivity index is 2.92. The molecule has 0 atom stereocenters. The number of nitrogens with one attached hydrogen (secondary N) is 1. The first-order valence-corrected chi connectivity index (χ1v) is 5.17. The van der Waals surface area contributed by atoms with Gasteiger partial charge in [-0.15, -0.1) is 4.94 Å². The smallest absolute Gasteiger partial charge is 0.283 e. The summed E-state index contributed by atoms with van der Waals surface area (Å²) >= 11 is 7.57. The van der Waals surface area contributed by atoms with Crippen molar-refractivity contribution < 1.29 is 4.79 Å². The SMILES string of the molecule is O=C1/C(=[CH]/[AlH2])NC(=S)N1I. The second-order valence-electron chi connectivity index (χ2n) is 1.72. The lowest BCUT2D eigenvalue weighted by Crippen LogP contribution is -2.19. The normalized spacial score (nSPS) is 22.1. The second-order valence-corrected chi connectivity index (χ2v) is 3.65. The molecule has 0 unspecified atom stereocenters. The Morgan fingerprint density at radius 1 is 1.80 bits per heavy atom. The molecule has 1 amide bonds. The molecule has 1 N–H and O–H groups in total. The average Bonchev–Trinajstić information content (AvgIpc) is 2.17. The fourth-order valence-electron chi connectivity index (χ4n) is 0.611. The highest BCUT2D eigenvalue weighted by atomic mass is 127. The number of halogens is 1. The molecule has 10 heavy (non-hydrogen) atoms. The third-order valence-electron chi connectivity index (χ3n) is 1.12. The van der Waals surface area contributed by atoms with Crippen molar-refractivity contribution in [1.82, 2.24) is 8.43 Å². The standard InChI is InChI=1S/C4H2IN2OS.Al.2H/c1-2-3(8)7(5)4(9)6-2;;;/h1H,(H,6,9);;;. The average molecular weight is 282 g/mol. The lowest BCUT2D eigenvalue weighted by molar-refractivity contribution is -0.118. The summed E-state index contributed by atoms with van der Waals surface area (Å²) in [6.45, 7) is 0.